The van der Waals surface area contributed by atoms with Gasteiger partial charge in [-0.15, -0.1) is 0 Å². The van der Waals surface area contributed by atoms with E-state index in [0.29, 0.717) is 17.7 Å². The number of carbonyl (C=O) groups is 1. The number of nitro benzene ring substituents is 1. The maximum Gasteiger partial charge on any atom is 0.269 e. The van der Waals surface area contributed by atoms with Crippen LogP contribution < -0.4 is 5.32 Å². The van der Waals surface area contributed by atoms with Gasteiger partial charge in [0.2, 0.25) is 0 Å². The van der Waals surface area contributed by atoms with Gasteiger partial charge in [-0.25, -0.2) is 4.98 Å². The molecule has 2 rings (SSSR count). The Kier molecular flexibility index (Phi) is 4.65. The lowest BCUT2D eigenvalue weighted by molar-refractivity contribution is -0.384. The predicted molar refractivity (Wildman–Crippen MR) is 77.1 cm³/mol. The van der Waals surface area contributed by atoms with Gasteiger partial charge in [-0.2, -0.15) is 0 Å². The third-order valence-corrected chi connectivity index (χ3v) is 3.10. The van der Waals surface area contributed by atoms with Gasteiger partial charge < -0.3 is 10.3 Å². The monoisotopic (exact) mass is 288 g/mol. The number of carbonyl (C=O) groups excluding carboxylic acids is 1. The molecule has 0 unspecified atom stereocenters. The highest BCUT2D eigenvalue weighted by atomic mass is 16.6. The average Bonchev–Trinajstić information content (AvgIpc) is 2.96. The molecule has 7 heteroatoms. The summed E-state index contributed by atoms with van der Waals surface area (Å²) < 4.78 is 0. The van der Waals surface area contributed by atoms with Gasteiger partial charge >= 0.3 is 0 Å². The number of nitro groups is 1. The topological polar surface area (TPSA) is 101 Å². The molecule has 0 aliphatic carbocycles. The van der Waals surface area contributed by atoms with Crippen molar-refractivity contribution in [3.63, 3.8) is 0 Å². The van der Waals surface area contributed by atoms with E-state index in [1.807, 2.05) is 0 Å². The summed E-state index contributed by atoms with van der Waals surface area (Å²) in [5, 5.41) is 13.5. The first-order chi connectivity index (χ1) is 10.1. The summed E-state index contributed by atoms with van der Waals surface area (Å²) in [6, 6.07) is 4.22. The number of H-pyrrole nitrogens is 1. The van der Waals surface area contributed by atoms with Gasteiger partial charge in [-0.1, -0.05) is 0 Å². The Labute approximate surface area is 121 Å². The second kappa shape index (κ2) is 6.65. The molecule has 7 nitrogen and oxygen atoms in total. The highest BCUT2D eigenvalue weighted by molar-refractivity contribution is 5.95. The van der Waals surface area contributed by atoms with Crippen LogP contribution in [0.4, 0.5) is 5.69 Å². The van der Waals surface area contributed by atoms with Crippen LogP contribution >= 0.6 is 0 Å². The molecular formula is C14H16N4O3. The summed E-state index contributed by atoms with van der Waals surface area (Å²) >= 11 is 0. The Morgan fingerprint density at radius 2 is 2.29 bits per heavy atom. The summed E-state index contributed by atoms with van der Waals surface area (Å²) in [4.78, 5) is 29.3. The van der Waals surface area contributed by atoms with E-state index >= 15 is 0 Å². The van der Waals surface area contributed by atoms with E-state index in [4.69, 9.17) is 0 Å². The molecule has 0 saturated heterocycles. The first kappa shape index (κ1) is 14.7. The van der Waals surface area contributed by atoms with E-state index in [0.717, 1.165) is 18.7 Å². The number of non-ortho nitro benzene ring substituents is 1. The van der Waals surface area contributed by atoms with Gasteiger partial charge in [0.25, 0.3) is 11.6 Å². The Morgan fingerprint density at radius 1 is 1.48 bits per heavy atom. The fourth-order valence-electron chi connectivity index (χ4n) is 2.00. The fourth-order valence-corrected chi connectivity index (χ4v) is 2.00. The number of imidazole rings is 1. The Bertz CT molecular complexity index is 638. The number of benzene rings is 1. The van der Waals surface area contributed by atoms with Gasteiger partial charge in [0, 0.05) is 43.1 Å². The molecule has 0 aliphatic rings. The van der Waals surface area contributed by atoms with Crippen molar-refractivity contribution in [3.05, 3.63) is 57.7 Å². The smallest absolute Gasteiger partial charge is 0.269 e. The van der Waals surface area contributed by atoms with Crippen molar-refractivity contribution in [1.82, 2.24) is 15.3 Å². The molecule has 0 atom stereocenters. The number of amides is 1. The van der Waals surface area contributed by atoms with Crippen LogP contribution in [-0.2, 0) is 6.42 Å². The number of hydrogen-bond donors (Lipinski definition) is 2. The SMILES string of the molecule is Cc1cc([N+](=O)[O-])ccc1C(=O)NCCCc1ncc[nH]1. The molecule has 1 aromatic carbocycles. The average molecular weight is 288 g/mol. The number of aromatic nitrogens is 2. The maximum absolute atomic E-state index is 12.0. The van der Waals surface area contributed by atoms with Crippen LogP contribution in [0.25, 0.3) is 0 Å². The molecule has 0 aliphatic heterocycles. The molecule has 110 valence electrons. The first-order valence-electron chi connectivity index (χ1n) is 6.59. The summed E-state index contributed by atoms with van der Waals surface area (Å²) in [5.74, 6) is 0.664. The second-order valence-electron chi connectivity index (χ2n) is 4.65. The number of aromatic amines is 1. The van der Waals surface area contributed by atoms with Crippen molar-refractivity contribution in [2.24, 2.45) is 0 Å². The van der Waals surface area contributed by atoms with Gasteiger partial charge in [0.05, 0.1) is 4.92 Å². The van der Waals surface area contributed by atoms with Crippen LogP contribution in [0.1, 0.15) is 28.2 Å². The molecule has 0 bridgehead atoms. The van der Waals surface area contributed by atoms with Crippen LogP contribution in [0, 0.1) is 17.0 Å². The molecule has 0 fully saturated rings. The van der Waals surface area contributed by atoms with Crippen molar-refractivity contribution in [3.8, 4) is 0 Å². The third kappa shape index (κ3) is 3.88. The minimum absolute atomic E-state index is 0.0122. The summed E-state index contributed by atoms with van der Waals surface area (Å²) in [5.41, 5.74) is 1.04. The highest BCUT2D eigenvalue weighted by Gasteiger charge is 2.13. The van der Waals surface area contributed by atoms with Crippen LogP contribution in [0.2, 0.25) is 0 Å². The largest absolute Gasteiger partial charge is 0.352 e. The van der Waals surface area contributed by atoms with Gasteiger partial charge in [0.15, 0.2) is 0 Å². The van der Waals surface area contributed by atoms with Gasteiger partial charge in [0.1, 0.15) is 5.82 Å². The van der Waals surface area contributed by atoms with Crippen LogP contribution in [0.5, 0.6) is 0 Å². The zero-order valence-electron chi connectivity index (χ0n) is 11.6. The van der Waals surface area contributed by atoms with E-state index in [2.05, 4.69) is 15.3 Å². The molecule has 0 radical (unpaired) electrons. The number of aryl methyl sites for hydroxylation is 2. The predicted octanol–water partition coefficient (Wildman–Crippen LogP) is 1.99. The second-order valence-corrected chi connectivity index (χ2v) is 4.65. The number of rotatable bonds is 6. The quantitative estimate of drug-likeness (QED) is 0.482. The van der Waals surface area contributed by atoms with Crippen molar-refractivity contribution in [2.75, 3.05) is 6.54 Å². The lowest BCUT2D eigenvalue weighted by atomic mass is 10.1. The molecule has 1 heterocycles. The van der Waals surface area contributed by atoms with E-state index in [9.17, 15) is 14.9 Å². The lowest BCUT2D eigenvalue weighted by Gasteiger charge is -2.07. The van der Waals surface area contributed by atoms with Crippen molar-refractivity contribution >= 4 is 11.6 Å². The third-order valence-electron chi connectivity index (χ3n) is 3.10. The number of nitrogens with zero attached hydrogens (tertiary/aromatic N) is 2. The molecule has 0 spiro atoms. The molecule has 1 amide bonds. The Hall–Kier alpha value is -2.70. The van der Waals surface area contributed by atoms with Crippen LogP contribution in [0.3, 0.4) is 0 Å². The number of nitrogens with one attached hydrogen (secondary N) is 2. The van der Waals surface area contributed by atoms with E-state index < -0.39 is 4.92 Å². The first-order valence-corrected chi connectivity index (χ1v) is 6.59. The van der Waals surface area contributed by atoms with Crippen LogP contribution in [0.15, 0.2) is 30.6 Å². The Morgan fingerprint density at radius 3 is 2.90 bits per heavy atom. The molecule has 0 saturated carbocycles. The fraction of sp³-hybridized carbons (Fsp3) is 0.286. The van der Waals surface area contributed by atoms with Gasteiger partial charge in [-0.3, -0.25) is 14.9 Å². The zero-order chi connectivity index (χ0) is 15.2. The zero-order valence-corrected chi connectivity index (χ0v) is 11.6. The van der Waals surface area contributed by atoms with Crippen LogP contribution in [-0.4, -0.2) is 27.3 Å². The minimum atomic E-state index is -0.474. The summed E-state index contributed by atoms with van der Waals surface area (Å²) in [6.07, 6.45) is 4.97. The standard InChI is InChI=1S/C14H16N4O3/c1-10-9-11(18(20)21)4-5-12(10)14(19)17-6-2-3-13-15-7-8-16-13/h4-5,7-9H,2-3,6H2,1H3,(H,15,16)(H,17,19). The summed E-state index contributed by atoms with van der Waals surface area (Å²) in [7, 11) is 0. The molecule has 2 N–H and O–H groups in total. The van der Waals surface area contributed by atoms with Crippen molar-refractivity contribution in [1.29, 1.82) is 0 Å². The highest BCUT2D eigenvalue weighted by Crippen LogP contribution is 2.16. The van der Waals surface area contributed by atoms with Gasteiger partial charge in [-0.05, 0) is 25.0 Å². The number of hydrogen-bond acceptors (Lipinski definition) is 4. The lowest BCUT2D eigenvalue weighted by Crippen LogP contribution is -2.25. The van der Waals surface area contributed by atoms with Crippen molar-refractivity contribution in [2.45, 2.75) is 19.8 Å². The minimum Gasteiger partial charge on any atom is -0.352 e. The van der Waals surface area contributed by atoms with E-state index in [1.54, 1.807) is 19.3 Å². The molecule has 21 heavy (non-hydrogen) atoms. The molecule has 2 aromatic rings. The molecular weight excluding hydrogens is 272 g/mol. The summed E-state index contributed by atoms with van der Waals surface area (Å²) in [6.45, 7) is 2.21. The van der Waals surface area contributed by atoms with E-state index in [-0.39, 0.29) is 11.6 Å². The van der Waals surface area contributed by atoms with E-state index in [1.165, 1.54) is 18.2 Å². The normalized spacial score (nSPS) is 10.3. The van der Waals surface area contributed by atoms with Crippen molar-refractivity contribution < 1.29 is 9.72 Å². The molecule has 1 aromatic heterocycles. The maximum atomic E-state index is 12.0. The Balaban J connectivity index is 1.87.